The number of nitriles is 1. The molecule has 1 saturated carbocycles. The highest BCUT2D eigenvalue weighted by Gasteiger charge is 2.74. The van der Waals surface area contributed by atoms with Crippen molar-refractivity contribution in [3.63, 3.8) is 0 Å². The number of alkyl halides is 5. The van der Waals surface area contributed by atoms with Crippen LogP contribution in [0.25, 0.3) is 0 Å². The smallest absolute Gasteiger partial charge is 0.484 e. The van der Waals surface area contributed by atoms with E-state index < -0.39 is 82.7 Å². The summed E-state index contributed by atoms with van der Waals surface area (Å²) in [6.07, 6.45) is -2.39. The van der Waals surface area contributed by atoms with E-state index in [4.69, 9.17) is 27.9 Å². The molecular weight excluding hydrogens is 668 g/mol. The van der Waals surface area contributed by atoms with Crippen molar-refractivity contribution < 1.29 is 41.8 Å². The van der Waals surface area contributed by atoms with Crippen molar-refractivity contribution in [3.05, 3.63) is 24.3 Å². The Kier molecular flexibility index (Phi) is 10.3. The summed E-state index contributed by atoms with van der Waals surface area (Å²) in [5.41, 5.74) is 0. The molecule has 17 heteroatoms. The van der Waals surface area contributed by atoms with Crippen LogP contribution < -0.4 is 25.4 Å². The molecule has 7 atom stereocenters. The molecule has 4 amide bonds. The number of hydrogen-bond acceptors (Lipinski definition) is 8. The number of fused-ring (bicyclic) bond motifs is 1. The Bertz CT molecular complexity index is 1400. The van der Waals surface area contributed by atoms with Crippen molar-refractivity contribution in [2.75, 3.05) is 32.8 Å². The lowest BCUT2D eigenvalue weighted by Crippen LogP contribution is -2.62. The van der Waals surface area contributed by atoms with Gasteiger partial charge in [-0.15, -0.1) is 36.4 Å². The summed E-state index contributed by atoms with van der Waals surface area (Å²) in [7, 11) is 0. The van der Waals surface area contributed by atoms with Gasteiger partial charge < -0.3 is 30.3 Å². The first-order chi connectivity index (χ1) is 22.2. The van der Waals surface area contributed by atoms with Gasteiger partial charge in [0.05, 0.1) is 6.07 Å². The number of likely N-dealkylation sites (tertiary alicyclic amines) is 2. The summed E-state index contributed by atoms with van der Waals surface area (Å²) < 4.78 is 45.4. The molecule has 1 unspecified atom stereocenters. The van der Waals surface area contributed by atoms with Gasteiger partial charge in [0.1, 0.15) is 34.0 Å². The van der Waals surface area contributed by atoms with Crippen molar-refractivity contribution in [2.45, 2.75) is 67.5 Å². The molecule has 1 aromatic rings. The van der Waals surface area contributed by atoms with Gasteiger partial charge in [-0.1, -0.05) is 0 Å². The summed E-state index contributed by atoms with van der Waals surface area (Å²) in [5, 5.41) is 17.9. The zero-order valence-corrected chi connectivity index (χ0v) is 26.9. The van der Waals surface area contributed by atoms with Gasteiger partial charge in [0, 0.05) is 36.9 Å². The summed E-state index contributed by atoms with van der Waals surface area (Å²) >= 11 is 13.0. The largest absolute Gasteiger partial charge is 0.573 e. The fraction of sp³-hybridized carbons (Fsp3) is 0.633. The lowest BCUT2D eigenvalue weighted by molar-refractivity contribution is -0.274. The van der Waals surface area contributed by atoms with Gasteiger partial charge in [-0.2, -0.15) is 5.26 Å². The highest BCUT2D eigenvalue weighted by molar-refractivity contribution is 6.51. The third-order valence-corrected chi connectivity index (χ3v) is 10.3. The number of nitrogens with one attached hydrogen (secondary N) is 3. The predicted octanol–water partition coefficient (Wildman–Crippen LogP) is 2.10. The molecule has 5 rings (SSSR count). The molecule has 1 aromatic carbocycles. The van der Waals surface area contributed by atoms with Gasteiger partial charge in [0.15, 0.2) is 6.61 Å². The molecular formula is C30H35Cl2F3N6O6. The van der Waals surface area contributed by atoms with Crippen LogP contribution in [0.5, 0.6) is 11.5 Å². The van der Waals surface area contributed by atoms with E-state index in [0.717, 1.165) is 25.0 Å². The van der Waals surface area contributed by atoms with Crippen molar-refractivity contribution in [2.24, 2.45) is 17.8 Å². The maximum atomic E-state index is 14.2. The SMILES string of the molecule is CC([C@H](NC(=O)COc1ccc(OC(F)(F)F)cc1)C(=O)N1C[C@H]2[C@@H]([C@H]1C(=O)N[C@H](C#N)C[C@@H]1CCNC1=O)C2(Cl)Cl)N1CCCC1. The van der Waals surface area contributed by atoms with Crippen LogP contribution in [0.3, 0.4) is 0 Å². The van der Waals surface area contributed by atoms with E-state index >= 15 is 0 Å². The van der Waals surface area contributed by atoms with E-state index in [1.807, 2.05) is 6.07 Å². The minimum absolute atomic E-state index is 0.0543. The number of ether oxygens (including phenoxy) is 2. The lowest BCUT2D eigenvalue weighted by atomic mass is 9.98. The standard InChI is InChI=1S/C30H35Cl2F3N6O6/c1-16(40-10-2-3-11-40)24(39-22(42)15-46-19-4-6-20(7-5-19)47-30(33,34)35)28(45)41-14-21-23(29(21,31)32)25(41)27(44)38-18(13-36)12-17-8-9-37-26(17)43/h4-7,16-18,21,23-25H,2-3,8-12,14-15H2,1H3,(H,37,43)(H,38,44)(H,39,42)/t16?,17-,18-,21-,23-,24-,25-/m0/s1. The maximum Gasteiger partial charge on any atom is 0.573 e. The minimum Gasteiger partial charge on any atom is -0.484 e. The average molecular weight is 704 g/mol. The predicted molar refractivity (Wildman–Crippen MR) is 161 cm³/mol. The zero-order chi connectivity index (χ0) is 34.1. The molecule has 12 nitrogen and oxygen atoms in total. The number of halogens is 5. The first-order valence-electron chi connectivity index (χ1n) is 15.4. The first kappa shape index (κ1) is 34.8. The highest BCUT2D eigenvalue weighted by atomic mass is 35.5. The van der Waals surface area contributed by atoms with Crippen LogP contribution in [0.4, 0.5) is 13.2 Å². The second kappa shape index (κ2) is 13.9. The van der Waals surface area contributed by atoms with Crippen LogP contribution in [0, 0.1) is 29.1 Å². The Morgan fingerprint density at radius 1 is 1.15 bits per heavy atom. The summed E-state index contributed by atoms with van der Waals surface area (Å²) in [6, 6.07) is 2.85. The van der Waals surface area contributed by atoms with E-state index in [1.54, 1.807) is 6.92 Å². The molecule has 4 aliphatic rings. The fourth-order valence-corrected chi connectivity index (χ4v) is 7.54. The van der Waals surface area contributed by atoms with Crippen LogP contribution in [0.1, 0.15) is 32.6 Å². The molecule has 0 radical (unpaired) electrons. The number of hydrogen-bond donors (Lipinski definition) is 3. The Labute approximate surface area is 279 Å². The fourth-order valence-electron chi connectivity index (χ4n) is 6.72. The molecule has 47 heavy (non-hydrogen) atoms. The van der Waals surface area contributed by atoms with Crippen molar-refractivity contribution >= 4 is 46.8 Å². The average Bonchev–Trinajstić information content (AvgIpc) is 3.60. The van der Waals surface area contributed by atoms with E-state index in [0.29, 0.717) is 26.1 Å². The second-order valence-electron chi connectivity index (χ2n) is 12.3. The molecule has 3 N–H and O–H groups in total. The van der Waals surface area contributed by atoms with E-state index in [9.17, 15) is 37.6 Å². The zero-order valence-electron chi connectivity index (χ0n) is 25.4. The summed E-state index contributed by atoms with van der Waals surface area (Å²) in [4.78, 5) is 56.5. The number of piperidine rings is 1. The third-order valence-electron chi connectivity index (χ3n) is 9.25. The number of carbonyl (C=O) groups is 4. The van der Waals surface area contributed by atoms with Crippen LogP contribution in [0.2, 0.25) is 0 Å². The minimum atomic E-state index is -4.86. The summed E-state index contributed by atoms with van der Waals surface area (Å²) in [6.45, 7) is 3.19. The number of nitrogens with zero attached hydrogens (tertiary/aromatic N) is 3. The molecule has 4 fully saturated rings. The number of amides is 4. The summed E-state index contributed by atoms with van der Waals surface area (Å²) in [5.74, 6) is -3.80. The number of carbonyl (C=O) groups excluding carboxylic acids is 4. The van der Waals surface area contributed by atoms with Gasteiger partial charge in [0.2, 0.25) is 17.7 Å². The van der Waals surface area contributed by atoms with E-state index in [-0.39, 0.29) is 24.6 Å². The quantitative estimate of drug-likeness (QED) is 0.280. The van der Waals surface area contributed by atoms with Crippen LogP contribution in [-0.4, -0.2) is 101 Å². The topological polar surface area (TPSA) is 153 Å². The van der Waals surface area contributed by atoms with Gasteiger partial charge in [-0.3, -0.25) is 24.1 Å². The Morgan fingerprint density at radius 2 is 1.81 bits per heavy atom. The molecule has 0 bridgehead atoms. The third kappa shape index (κ3) is 7.98. The molecule has 0 spiro atoms. The van der Waals surface area contributed by atoms with Crippen molar-refractivity contribution in [1.29, 1.82) is 5.26 Å². The van der Waals surface area contributed by atoms with Gasteiger partial charge in [-0.25, -0.2) is 0 Å². The lowest BCUT2D eigenvalue weighted by Gasteiger charge is -2.37. The van der Waals surface area contributed by atoms with E-state index in [2.05, 4.69) is 25.6 Å². The Morgan fingerprint density at radius 3 is 2.40 bits per heavy atom. The van der Waals surface area contributed by atoms with Crippen LogP contribution in [-0.2, 0) is 19.2 Å². The van der Waals surface area contributed by atoms with Crippen LogP contribution in [0.15, 0.2) is 24.3 Å². The van der Waals surface area contributed by atoms with Gasteiger partial charge in [0.25, 0.3) is 5.91 Å². The molecule has 3 heterocycles. The number of benzene rings is 1. The number of rotatable bonds is 12. The highest BCUT2D eigenvalue weighted by Crippen LogP contribution is 2.65. The van der Waals surface area contributed by atoms with Crippen molar-refractivity contribution in [3.8, 4) is 17.6 Å². The molecule has 1 aliphatic carbocycles. The van der Waals surface area contributed by atoms with Gasteiger partial charge in [-0.05, 0) is 70.0 Å². The van der Waals surface area contributed by atoms with E-state index in [1.165, 1.54) is 17.0 Å². The van der Waals surface area contributed by atoms with Crippen molar-refractivity contribution in [1.82, 2.24) is 25.8 Å². The Balaban J connectivity index is 1.28. The molecule has 256 valence electrons. The Hall–Kier alpha value is -3.48. The molecule has 3 saturated heterocycles. The van der Waals surface area contributed by atoms with Gasteiger partial charge >= 0.3 is 6.36 Å². The normalized spacial score (nSPS) is 26.7. The first-order valence-corrected chi connectivity index (χ1v) is 16.1. The van der Waals surface area contributed by atoms with Crippen LogP contribution >= 0.6 is 23.2 Å². The monoisotopic (exact) mass is 702 g/mol. The molecule has 3 aliphatic heterocycles. The maximum absolute atomic E-state index is 14.2. The second-order valence-corrected chi connectivity index (χ2v) is 13.7. The molecule has 0 aromatic heterocycles.